The van der Waals surface area contributed by atoms with Crippen LogP contribution in [0.3, 0.4) is 0 Å². The van der Waals surface area contributed by atoms with Crippen molar-refractivity contribution in [1.82, 2.24) is 20.0 Å². The van der Waals surface area contributed by atoms with Crippen LogP contribution in [0.5, 0.6) is 5.75 Å². The minimum Gasteiger partial charge on any atom is -0.497 e. The molecule has 1 heterocycles. The molecule has 0 aliphatic carbocycles. The minimum atomic E-state index is -3.66. The molecule has 3 aromatic rings. The number of benzene rings is 2. The van der Waals surface area contributed by atoms with E-state index in [0.29, 0.717) is 16.8 Å². The lowest BCUT2D eigenvalue weighted by molar-refractivity contribution is 0.0954. The topological polar surface area (TPSA) is 110 Å². The van der Waals surface area contributed by atoms with E-state index in [1.165, 1.54) is 19.2 Å². The Labute approximate surface area is 169 Å². The van der Waals surface area contributed by atoms with Gasteiger partial charge in [-0.1, -0.05) is 0 Å². The third-order valence-electron chi connectivity index (χ3n) is 4.41. The number of ether oxygens (including phenoxy) is 1. The molecule has 0 bridgehead atoms. The van der Waals surface area contributed by atoms with Crippen LogP contribution in [0.15, 0.2) is 47.4 Å². The predicted molar refractivity (Wildman–Crippen MR) is 110 cm³/mol. The highest BCUT2D eigenvalue weighted by atomic mass is 32.2. The molecule has 0 unspecified atom stereocenters. The van der Waals surface area contributed by atoms with Crippen LogP contribution in [-0.4, -0.2) is 44.5 Å². The molecule has 1 aromatic heterocycles. The first-order chi connectivity index (χ1) is 13.8. The van der Waals surface area contributed by atoms with Crippen LogP contribution in [-0.2, 0) is 10.0 Å². The van der Waals surface area contributed by atoms with Gasteiger partial charge in [0.05, 0.1) is 34.4 Å². The molecule has 2 N–H and O–H groups in total. The maximum atomic E-state index is 12.4. The first kappa shape index (κ1) is 20.7. The van der Waals surface area contributed by atoms with Crippen molar-refractivity contribution in [3.63, 3.8) is 0 Å². The summed E-state index contributed by atoms with van der Waals surface area (Å²) >= 11 is 0. The van der Waals surface area contributed by atoms with Crippen LogP contribution >= 0.6 is 0 Å². The molecule has 0 spiro atoms. The van der Waals surface area contributed by atoms with Gasteiger partial charge in [0, 0.05) is 18.7 Å². The quantitative estimate of drug-likeness (QED) is 0.572. The molecule has 3 rings (SSSR count). The fourth-order valence-electron chi connectivity index (χ4n) is 2.67. The van der Waals surface area contributed by atoms with E-state index >= 15 is 0 Å². The van der Waals surface area contributed by atoms with E-state index in [2.05, 4.69) is 20.0 Å². The summed E-state index contributed by atoms with van der Waals surface area (Å²) in [5.41, 5.74) is 3.45. The zero-order chi connectivity index (χ0) is 21.0. The lowest BCUT2D eigenvalue weighted by Crippen LogP contribution is -2.34. The van der Waals surface area contributed by atoms with Gasteiger partial charge in [-0.25, -0.2) is 23.1 Å². The molecule has 0 saturated heterocycles. The zero-order valence-electron chi connectivity index (χ0n) is 16.4. The predicted octanol–water partition coefficient (Wildman–Crippen LogP) is 1.96. The molecular weight excluding hydrogens is 392 g/mol. The van der Waals surface area contributed by atoms with Crippen LogP contribution in [0.2, 0.25) is 0 Å². The van der Waals surface area contributed by atoms with Gasteiger partial charge in [-0.05, 0) is 56.3 Å². The highest BCUT2D eigenvalue weighted by Gasteiger charge is 2.14. The molecule has 0 fully saturated rings. The van der Waals surface area contributed by atoms with E-state index in [9.17, 15) is 13.2 Å². The first-order valence-corrected chi connectivity index (χ1v) is 10.5. The number of aromatic nitrogens is 2. The third-order valence-corrected chi connectivity index (χ3v) is 5.89. The molecule has 0 atom stereocenters. The van der Waals surface area contributed by atoms with Crippen molar-refractivity contribution >= 4 is 27.0 Å². The van der Waals surface area contributed by atoms with E-state index < -0.39 is 10.0 Å². The summed E-state index contributed by atoms with van der Waals surface area (Å²) < 4.78 is 32.0. The lowest BCUT2D eigenvalue weighted by Gasteiger charge is -2.09. The molecule has 9 heteroatoms. The van der Waals surface area contributed by atoms with Crippen LogP contribution in [0.1, 0.15) is 21.7 Å². The molecule has 29 heavy (non-hydrogen) atoms. The van der Waals surface area contributed by atoms with Gasteiger partial charge in [0.15, 0.2) is 0 Å². The maximum Gasteiger partial charge on any atom is 0.251 e. The van der Waals surface area contributed by atoms with Crippen LogP contribution in [0.4, 0.5) is 0 Å². The van der Waals surface area contributed by atoms with Gasteiger partial charge in [0.1, 0.15) is 5.75 Å². The fraction of sp³-hybridized carbons (Fsp3) is 0.250. The van der Waals surface area contributed by atoms with Crippen molar-refractivity contribution in [3.8, 4) is 5.75 Å². The van der Waals surface area contributed by atoms with Crippen LogP contribution in [0.25, 0.3) is 11.0 Å². The summed E-state index contributed by atoms with van der Waals surface area (Å²) in [5.74, 6) is 0.261. The van der Waals surface area contributed by atoms with E-state index in [-0.39, 0.29) is 23.9 Å². The number of nitrogens with zero attached hydrogens (tertiary/aromatic N) is 2. The monoisotopic (exact) mass is 414 g/mol. The van der Waals surface area contributed by atoms with E-state index in [4.69, 9.17) is 4.74 Å². The Bertz CT molecular complexity index is 1150. The number of rotatable bonds is 7. The Morgan fingerprint density at radius 3 is 2.28 bits per heavy atom. The van der Waals surface area contributed by atoms with Gasteiger partial charge in [-0.2, -0.15) is 0 Å². The molecule has 0 aliphatic rings. The molecular formula is C20H22N4O4S. The van der Waals surface area contributed by atoms with E-state index in [1.807, 2.05) is 13.8 Å². The number of amides is 1. The van der Waals surface area contributed by atoms with Gasteiger partial charge in [0.25, 0.3) is 5.91 Å². The Morgan fingerprint density at radius 1 is 0.966 bits per heavy atom. The number of hydrogen-bond acceptors (Lipinski definition) is 6. The second-order valence-electron chi connectivity index (χ2n) is 6.43. The number of methoxy groups -OCH3 is 1. The van der Waals surface area contributed by atoms with Gasteiger partial charge in [0.2, 0.25) is 10.0 Å². The number of fused-ring (bicyclic) bond motifs is 1. The number of hydrogen-bond donors (Lipinski definition) is 2. The molecule has 1 amide bonds. The van der Waals surface area contributed by atoms with Gasteiger partial charge in [-0.3, -0.25) is 4.79 Å². The Balaban J connectivity index is 1.58. The molecule has 8 nitrogen and oxygen atoms in total. The van der Waals surface area contributed by atoms with Gasteiger partial charge < -0.3 is 10.1 Å². The van der Waals surface area contributed by atoms with Crippen LogP contribution < -0.4 is 14.8 Å². The normalized spacial score (nSPS) is 11.4. The summed E-state index contributed by atoms with van der Waals surface area (Å²) in [5, 5.41) is 2.70. The van der Waals surface area contributed by atoms with Crippen molar-refractivity contribution in [2.75, 3.05) is 20.2 Å². The number of carbonyl (C=O) groups excluding carboxylic acids is 1. The number of aryl methyl sites for hydroxylation is 2. The van der Waals surface area contributed by atoms with Gasteiger partial charge >= 0.3 is 0 Å². The summed E-state index contributed by atoms with van der Waals surface area (Å²) in [7, 11) is -2.15. The SMILES string of the molecule is COc1ccc(S(=O)(=O)NCCNC(=O)c2ccc3nc(C)c(C)nc3c2)cc1. The second kappa shape index (κ2) is 8.54. The number of carbonyl (C=O) groups is 1. The lowest BCUT2D eigenvalue weighted by atomic mass is 10.1. The Hall–Kier alpha value is -3.04. The minimum absolute atomic E-state index is 0.0613. The second-order valence-corrected chi connectivity index (χ2v) is 8.19. The average molecular weight is 414 g/mol. The van der Waals surface area contributed by atoms with Gasteiger partial charge in [-0.15, -0.1) is 0 Å². The summed E-state index contributed by atoms with van der Waals surface area (Å²) in [6, 6.07) is 11.1. The van der Waals surface area contributed by atoms with E-state index in [1.54, 1.807) is 30.3 Å². The largest absolute Gasteiger partial charge is 0.497 e. The molecule has 152 valence electrons. The molecule has 0 radical (unpaired) electrons. The van der Waals surface area contributed by atoms with Crippen molar-refractivity contribution < 1.29 is 17.9 Å². The number of sulfonamides is 1. The Morgan fingerprint density at radius 2 is 1.62 bits per heavy atom. The molecule has 0 aliphatic heterocycles. The highest BCUT2D eigenvalue weighted by molar-refractivity contribution is 7.89. The maximum absolute atomic E-state index is 12.4. The standard InChI is InChI=1S/C20H22N4O4S/c1-13-14(2)24-19-12-15(4-9-18(19)23-13)20(25)21-10-11-22-29(26,27)17-7-5-16(28-3)6-8-17/h4-9,12,22H,10-11H2,1-3H3,(H,21,25). The first-order valence-electron chi connectivity index (χ1n) is 8.97. The van der Waals surface area contributed by atoms with Crippen molar-refractivity contribution in [1.29, 1.82) is 0 Å². The van der Waals surface area contributed by atoms with E-state index in [0.717, 1.165) is 16.9 Å². The van der Waals surface area contributed by atoms with Crippen molar-refractivity contribution in [3.05, 3.63) is 59.4 Å². The fourth-order valence-corrected chi connectivity index (χ4v) is 3.71. The van der Waals surface area contributed by atoms with Crippen molar-refractivity contribution in [2.24, 2.45) is 0 Å². The smallest absolute Gasteiger partial charge is 0.251 e. The zero-order valence-corrected chi connectivity index (χ0v) is 17.2. The van der Waals surface area contributed by atoms with Crippen LogP contribution in [0, 0.1) is 13.8 Å². The summed E-state index contributed by atoms with van der Waals surface area (Å²) in [4.78, 5) is 21.4. The Kier molecular flexibility index (Phi) is 6.09. The molecule has 2 aromatic carbocycles. The number of nitrogens with one attached hydrogen (secondary N) is 2. The highest BCUT2D eigenvalue weighted by Crippen LogP contribution is 2.16. The summed E-state index contributed by atoms with van der Waals surface area (Å²) in [6.07, 6.45) is 0. The average Bonchev–Trinajstić information content (AvgIpc) is 2.71. The third kappa shape index (κ3) is 4.87. The van der Waals surface area contributed by atoms with Crippen molar-refractivity contribution in [2.45, 2.75) is 18.7 Å². The molecule has 0 saturated carbocycles. The summed E-state index contributed by atoms with van der Waals surface area (Å²) in [6.45, 7) is 3.95.